The summed E-state index contributed by atoms with van der Waals surface area (Å²) in [4.78, 5) is 0. The summed E-state index contributed by atoms with van der Waals surface area (Å²) in [6.45, 7) is 3.40. The fraction of sp³-hybridized carbons (Fsp3) is 1.00. The van der Waals surface area contributed by atoms with Crippen molar-refractivity contribution in [3.63, 3.8) is 0 Å². The minimum atomic E-state index is 0.619. The number of hydrogen-bond donors (Lipinski definition) is 2. The summed E-state index contributed by atoms with van der Waals surface area (Å²) >= 11 is 0. The molecule has 0 radical (unpaired) electrons. The van der Waals surface area contributed by atoms with Crippen LogP contribution in [0.1, 0.15) is 26.2 Å². The van der Waals surface area contributed by atoms with Crippen molar-refractivity contribution >= 4 is 0 Å². The molecule has 0 aromatic heterocycles. The zero-order valence-electron chi connectivity index (χ0n) is 9.29. The third-order valence-electron chi connectivity index (χ3n) is 4.89. The van der Waals surface area contributed by atoms with Crippen LogP contribution < -0.4 is 10.6 Å². The largest absolute Gasteiger partial charge is 0.316 e. The SMILES string of the molecule is CNC(C)CNC1C2C3CCC(C3)C12. The number of fused-ring (bicyclic) bond motifs is 5. The maximum absolute atomic E-state index is 3.75. The van der Waals surface area contributed by atoms with Gasteiger partial charge in [-0.1, -0.05) is 0 Å². The lowest BCUT2D eigenvalue weighted by atomic mass is 10.0. The van der Waals surface area contributed by atoms with Crippen molar-refractivity contribution in [3.05, 3.63) is 0 Å². The van der Waals surface area contributed by atoms with E-state index in [1.807, 2.05) is 7.05 Å². The summed E-state index contributed by atoms with van der Waals surface area (Å²) in [5, 5.41) is 7.04. The van der Waals surface area contributed by atoms with E-state index in [2.05, 4.69) is 17.6 Å². The molecule has 14 heavy (non-hydrogen) atoms. The highest BCUT2D eigenvalue weighted by molar-refractivity contribution is 5.16. The monoisotopic (exact) mass is 194 g/mol. The van der Waals surface area contributed by atoms with E-state index in [-0.39, 0.29) is 0 Å². The molecule has 3 fully saturated rings. The van der Waals surface area contributed by atoms with Crippen molar-refractivity contribution in [1.29, 1.82) is 0 Å². The first-order chi connectivity index (χ1) is 6.81. The Morgan fingerprint density at radius 1 is 1.21 bits per heavy atom. The second-order valence-corrected chi connectivity index (χ2v) is 5.61. The van der Waals surface area contributed by atoms with Crippen LogP contribution in [0.3, 0.4) is 0 Å². The molecule has 0 spiro atoms. The van der Waals surface area contributed by atoms with Gasteiger partial charge in [-0.25, -0.2) is 0 Å². The molecule has 5 atom stereocenters. The standard InChI is InChI=1S/C12H22N2/c1-7(13-2)6-14-12-10-8-3-4-9(5-8)11(10)12/h7-14H,3-6H2,1-2H3. The molecular weight excluding hydrogens is 172 g/mol. The van der Waals surface area contributed by atoms with E-state index < -0.39 is 0 Å². The molecule has 2 bridgehead atoms. The Kier molecular flexibility index (Phi) is 2.10. The van der Waals surface area contributed by atoms with Gasteiger partial charge in [-0.15, -0.1) is 0 Å². The third-order valence-corrected chi connectivity index (χ3v) is 4.89. The molecule has 0 aliphatic heterocycles. The maximum atomic E-state index is 3.75. The molecule has 0 aromatic rings. The van der Waals surface area contributed by atoms with E-state index >= 15 is 0 Å². The lowest BCUT2D eigenvalue weighted by Gasteiger charge is -2.14. The first-order valence-electron chi connectivity index (χ1n) is 6.22. The van der Waals surface area contributed by atoms with Crippen LogP contribution in [-0.2, 0) is 0 Å². The van der Waals surface area contributed by atoms with E-state index in [1.54, 1.807) is 6.42 Å². The van der Waals surface area contributed by atoms with Gasteiger partial charge < -0.3 is 10.6 Å². The summed E-state index contributed by atoms with van der Waals surface area (Å²) < 4.78 is 0. The van der Waals surface area contributed by atoms with Crippen LogP contribution in [-0.4, -0.2) is 25.7 Å². The highest BCUT2D eigenvalue weighted by Gasteiger charge is 2.64. The van der Waals surface area contributed by atoms with Crippen LogP contribution in [0.15, 0.2) is 0 Å². The van der Waals surface area contributed by atoms with Gasteiger partial charge in [0.1, 0.15) is 0 Å². The first-order valence-corrected chi connectivity index (χ1v) is 6.22. The van der Waals surface area contributed by atoms with Crippen molar-refractivity contribution in [2.75, 3.05) is 13.6 Å². The van der Waals surface area contributed by atoms with E-state index in [1.165, 1.54) is 12.8 Å². The van der Waals surface area contributed by atoms with Crippen LogP contribution >= 0.6 is 0 Å². The van der Waals surface area contributed by atoms with Crippen molar-refractivity contribution in [2.45, 2.75) is 38.3 Å². The predicted molar refractivity (Wildman–Crippen MR) is 58.1 cm³/mol. The highest BCUT2D eigenvalue weighted by atomic mass is 15.0. The Hall–Kier alpha value is -0.0800. The number of likely N-dealkylation sites (N-methyl/N-ethyl adjacent to an activating group) is 1. The molecule has 3 saturated carbocycles. The Balaban J connectivity index is 1.50. The molecule has 0 amide bonds. The number of rotatable bonds is 4. The zero-order chi connectivity index (χ0) is 9.71. The summed E-state index contributed by atoms with van der Waals surface area (Å²) in [5.74, 6) is 4.37. The Bertz CT molecular complexity index is 212. The maximum Gasteiger partial charge on any atom is 0.0161 e. The Morgan fingerprint density at radius 2 is 1.86 bits per heavy atom. The molecule has 3 rings (SSSR count). The average molecular weight is 194 g/mol. The second kappa shape index (κ2) is 3.21. The smallest absolute Gasteiger partial charge is 0.0161 e. The van der Waals surface area contributed by atoms with E-state index in [0.717, 1.165) is 36.3 Å². The molecular formula is C12H22N2. The molecule has 0 heterocycles. The van der Waals surface area contributed by atoms with Gasteiger partial charge in [-0.05, 0) is 56.9 Å². The van der Waals surface area contributed by atoms with Gasteiger partial charge >= 0.3 is 0 Å². The fourth-order valence-corrected chi connectivity index (χ4v) is 4.01. The van der Waals surface area contributed by atoms with Crippen molar-refractivity contribution in [2.24, 2.45) is 23.7 Å². The molecule has 3 aliphatic carbocycles. The van der Waals surface area contributed by atoms with Crippen molar-refractivity contribution in [1.82, 2.24) is 10.6 Å². The van der Waals surface area contributed by atoms with Gasteiger partial charge in [-0.2, -0.15) is 0 Å². The van der Waals surface area contributed by atoms with Crippen molar-refractivity contribution < 1.29 is 0 Å². The molecule has 2 nitrogen and oxygen atoms in total. The van der Waals surface area contributed by atoms with Gasteiger partial charge in [0.05, 0.1) is 0 Å². The zero-order valence-corrected chi connectivity index (χ0v) is 9.29. The fourth-order valence-electron chi connectivity index (χ4n) is 4.01. The minimum absolute atomic E-state index is 0.619. The molecule has 0 aromatic carbocycles. The highest BCUT2D eigenvalue weighted by Crippen LogP contribution is 2.65. The van der Waals surface area contributed by atoms with Crippen LogP contribution in [0.4, 0.5) is 0 Å². The van der Waals surface area contributed by atoms with E-state index in [0.29, 0.717) is 6.04 Å². The molecule has 3 aliphatic rings. The van der Waals surface area contributed by atoms with Crippen LogP contribution in [0.25, 0.3) is 0 Å². The van der Waals surface area contributed by atoms with E-state index in [4.69, 9.17) is 0 Å². The summed E-state index contributed by atoms with van der Waals surface area (Å²) in [6.07, 6.45) is 4.63. The van der Waals surface area contributed by atoms with Crippen LogP contribution in [0.2, 0.25) is 0 Å². The van der Waals surface area contributed by atoms with Gasteiger partial charge in [0, 0.05) is 18.6 Å². The third kappa shape index (κ3) is 1.24. The molecule has 2 heteroatoms. The molecule has 2 N–H and O–H groups in total. The lowest BCUT2D eigenvalue weighted by molar-refractivity contribution is 0.441. The summed E-state index contributed by atoms with van der Waals surface area (Å²) in [5.41, 5.74) is 0. The normalized spacial score (nSPS) is 50.6. The molecule has 80 valence electrons. The molecule has 5 unspecified atom stereocenters. The second-order valence-electron chi connectivity index (χ2n) is 5.61. The van der Waals surface area contributed by atoms with Crippen LogP contribution in [0.5, 0.6) is 0 Å². The number of nitrogens with one attached hydrogen (secondary N) is 2. The lowest BCUT2D eigenvalue weighted by Crippen LogP contribution is -2.36. The van der Waals surface area contributed by atoms with Gasteiger partial charge in [-0.3, -0.25) is 0 Å². The average Bonchev–Trinajstić information content (AvgIpc) is 2.60. The Labute approximate surface area is 86.8 Å². The van der Waals surface area contributed by atoms with Crippen molar-refractivity contribution in [3.8, 4) is 0 Å². The van der Waals surface area contributed by atoms with Gasteiger partial charge in [0.2, 0.25) is 0 Å². The topological polar surface area (TPSA) is 24.1 Å². The Morgan fingerprint density at radius 3 is 2.43 bits per heavy atom. The minimum Gasteiger partial charge on any atom is -0.316 e. The predicted octanol–water partition coefficient (Wildman–Crippen LogP) is 1.23. The number of hydrogen-bond acceptors (Lipinski definition) is 2. The van der Waals surface area contributed by atoms with E-state index in [9.17, 15) is 0 Å². The van der Waals surface area contributed by atoms with Gasteiger partial charge in [0.25, 0.3) is 0 Å². The summed E-state index contributed by atoms with van der Waals surface area (Å²) in [6, 6.07) is 1.52. The molecule has 0 saturated heterocycles. The summed E-state index contributed by atoms with van der Waals surface area (Å²) in [7, 11) is 2.05. The first kappa shape index (κ1) is 9.17. The van der Waals surface area contributed by atoms with Gasteiger partial charge in [0.15, 0.2) is 0 Å². The van der Waals surface area contributed by atoms with Crippen LogP contribution in [0, 0.1) is 23.7 Å². The quantitative estimate of drug-likeness (QED) is 0.703.